The molecule has 31 heavy (non-hydrogen) atoms. The number of hydrogen-bond donors (Lipinski definition) is 1. The molecule has 1 saturated heterocycles. The van der Waals surface area contributed by atoms with E-state index in [1.165, 1.54) is 5.56 Å². The predicted octanol–water partition coefficient (Wildman–Crippen LogP) is 2.84. The highest BCUT2D eigenvalue weighted by atomic mass is 16.2. The van der Waals surface area contributed by atoms with E-state index < -0.39 is 5.91 Å². The number of carbonyl (C=O) groups excluding carboxylic acids is 1. The Hall–Kier alpha value is -3.06. The van der Waals surface area contributed by atoms with Crippen molar-refractivity contribution in [3.63, 3.8) is 0 Å². The van der Waals surface area contributed by atoms with E-state index in [9.17, 15) is 9.59 Å². The van der Waals surface area contributed by atoms with Gasteiger partial charge in [-0.15, -0.1) is 0 Å². The van der Waals surface area contributed by atoms with Crippen LogP contribution in [0.4, 0.5) is 0 Å². The summed E-state index contributed by atoms with van der Waals surface area (Å²) in [5.74, 6) is -0.148. The van der Waals surface area contributed by atoms with Crippen LogP contribution in [0.25, 0.3) is 11.2 Å². The third kappa shape index (κ3) is 4.99. The van der Waals surface area contributed by atoms with Crippen LogP contribution >= 0.6 is 0 Å². The summed E-state index contributed by atoms with van der Waals surface area (Å²) in [6.45, 7) is 7.29. The van der Waals surface area contributed by atoms with Gasteiger partial charge in [-0.2, -0.15) is 0 Å². The molecule has 1 aliphatic rings. The molecule has 0 saturated carbocycles. The zero-order chi connectivity index (χ0) is 21.8. The van der Waals surface area contributed by atoms with Crippen LogP contribution in [-0.4, -0.2) is 44.5 Å². The van der Waals surface area contributed by atoms with Gasteiger partial charge >= 0.3 is 0 Å². The largest absolute Gasteiger partial charge is 0.348 e. The summed E-state index contributed by atoms with van der Waals surface area (Å²) < 4.78 is 1.57. The van der Waals surface area contributed by atoms with Crippen LogP contribution in [-0.2, 0) is 13.1 Å². The quantitative estimate of drug-likeness (QED) is 0.665. The monoisotopic (exact) mass is 419 g/mol. The molecule has 0 radical (unpaired) electrons. The Balaban J connectivity index is 1.45. The minimum absolute atomic E-state index is 0.0452. The molecule has 0 spiro atoms. The standard InChI is InChI=1S/C24H29N5O2/c1-17(2)15-29-22-20(9-6-12-25-22)27-21(24(29)31)23(30)26-19-10-13-28(14-11-19)16-18-7-4-3-5-8-18/h3-9,12,17,19H,10-11,13-16H2,1-2H3,(H,26,30). The number of benzene rings is 1. The molecule has 1 aromatic carbocycles. The van der Waals surface area contributed by atoms with Crippen molar-refractivity contribution in [3.05, 3.63) is 70.3 Å². The summed E-state index contributed by atoms with van der Waals surface area (Å²) in [4.78, 5) is 37.1. The van der Waals surface area contributed by atoms with E-state index in [0.29, 0.717) is 17.7 Å². The van der Waals surface area contributed by atoms with Gasteiger partial charge in [0, 0.05) is 38.4 Å². The fraction of sp³-hybridized carbons (Fsp3) is 0.417. The Morgan fingerprint density at radius 1 is 1.13 bits per heavy atom. The number of nitrogens with one attached hydrogen (secondary N) is 1. The molecule has 162 valence electrons. The summed E-state index contributed by atoms with van der Waals surface area (Å²) in [5.41, 5.74) is 1.95. The molecule has 1 fully saturated rings. The van der Waals surface area contributed by atoms with Crippen molar-refractivity contribution in [2.75, 3.05) is 13.1 Å². The zero-order valence-electron chi connectivity index (χ0n) is 18.1. The number of carbonyl (C=O) groups is 1. The van der Waals surface area contributed by atoms with Gasteiger partial charge in [0.2, 0.25) is 0 Å². The summed E-state index contributed by atoms with van der Waals surface area (Å²) in [6.07, 6.45) is 3.35. The number of aromatic nitrogens is 3. The highest BCUT2D eigenvalue weighted by molar-refractivity contribution is 5.93. The molecule has 1 amide bonds. The van der Waals surface area contributed by atoms with Crippen LogP contribution in [0.5, 0.6) is 0 Å². The first-order valence-corrected chi connectivity index (χ1v) is 10.9. The molecule has 7 heteroatoms. The Morgan fingerprint density at radius 2 is 1.87 bits per heavy atom. The van der Waals surface area contributed by atoms with Crippen molar-refractivity contribution < 1.29 is 4.79 Å². The highest BCUT2D eigenvalue weighted by Crippen LogP contribution is 2.15. The van der Waals surface area contributed by atoms with Gasteiger partial charge < -0.3 is 5.32 Å². The van der Waals surface area contributed by atoms with Crippen LogP contribution < -0.4 is 10.9 Å². The van der Waals surface area contributed by atoms with Crippen molar-refractivity contribution in [1.82, 2.24) is 24.8 Å². The molecular weight excluding hydrogens is 390 g/mol. The molecule has 7 nitrogen and oxygen atoms in total. The lowest BCUT2D eigenvalue weighted by Crippen LogP contribution is -2.46. The van der Waals surface area contributed by atoms with E-state index >= 15 is 0 Å². The van der Waals surface area contributed by atoms with Gasteiger partial charge in [0.15, 0.2) is 11.3 Å². The molecule has 1 aliphatic heterocycles. The van der Waals surface area contributed by atoms with Crippen LogP contribution in [0.15, 0.2) is 53.5 Å². The van der Waals surface area contributed by atoms with Crippen molar-refractivity contribution in [3.8, 4) is 0 Å². The number of hydrogen-bond acceptors (Lipinski definition) is 5. The van der Waals surface area contributed by atoms with Gasteiger partial charge in [0.25, 0.3) is 11.5 Å². The van der Waals surface area contributed by atoms with Crippen molar-refractivity contribution in [1.29, 1.82) is 0 Å². The van der Waals surface area contributed by atoms with Gasteiger partial charge in [-0.1, -0.05) is 44.2 Å². The highest BCUT2D eigenvalue weighted by Gasteiger charge is 2.24. The Kier molecular flexibility index (Phi) is 6.42. The average molecular weight is 420 g/mol. The number of piperidine rings is 1. The molecule has 3 aromatic rings. The molecule has 2 aromatic heterocycles. The first-order valence-electron chi connectivity index (χ1n) is 10.9. The van der Waals surface area contributed by atoms with E-state index in [2.05, 4.69) is 44.5 Å². The van der Waals surface area contributed by atoms with Crippen LogP contribution in [0.3, 0.4) is 0 Å². The maximum Gasteiger partial charge on any atom is 0.283 e. The van der Waals surface area contributed by atoms with Gasteiger partial charge in [-0.25, -0.2) is 9.97 Å². The van der Waals surface area contributed by atoms with Crippen LogP contribution in [0, 0.1) is 5.92 Å². The fourth-order valence-corrected chi connectivity index (χ4v) is 4.09. The molecule has 0 bridgehead atoms. The smallest absolute Gasteiger partial charge is 0.283 e. The zero-order valence-corrected chi connectivity index (χ0v) is 18.1. The molecule has 3 heterocycles. The first kappa shape index (κ1) is 21.2. The number of rotatable bonds is 6. The lowest BCUT2D eigenvalue weighted by molar-refractivity contribution is 0.0902. The molecule has 0 atom stereocenters. The SMILES string of the molecule is CC(C)Cn1c(=O)c(C(=O)NC2CCN(Cc3ccccc3)CC2)nc2cccnc21. The van der Waals surface area contributed by atoms with Crippen molar-refractivity contribution in [2.24, 2.45) is 5.92 Å². The minimum Gasteiger partial charge on any atom is -0.348 e. The summed E-state index contributed by atoms with van der Waals surface area (Å²) in [5, 5.41) is 3.04. The third-order valence-electron chi connectivity index (χ3n) is 5.64. The van der Waals surface area contributed by atoms with Gasteiger partial charge in [-0.3, -0.25) is 19.1 Å². The normalized spacial score (nSPS) is 15.5. The van der Waals surface area contributed by atoms with E-state index in [-0.39, 0.29) is 23.2 Å². The number of likely N-dealkylation sites (tertiary alicyclic amines) is 1. The number of amides is 1. The maximum absolute atomic E-state index is 13.0. The lowest BCUT2D eigenvalue weighted by atomic mass is 10.0. The topological polar surface area (TPSA) is 80.1 Å². The third-order valence-corrected chi connectivity index (χ3v) is 5.64. The Labute approximate surface area is 182 Å². The number of fused-ring (bicyclic) bond motifs is 1. The van der Waals surface area contributed by atoms with Gasteiger partial charge in [0.05, 0.1) is 0 Å². The summed E-state index contributed by atoms with van der Waals surface area (Å²) >= 11 is 0. The van der Waals surface area contributed by atoms with Gasteiger partial charge in [-0.05, 0) is 36.5 Å². The van der Waals surface area contributed by atoms with E-state index in [0.717, 1.165) is 32.5 Å². The summed E-state index contributed by atoms with van der Waals surface area (Å²) in [7, 11) is 0. The molecule has 0 unspecified atom stereocenters. The second kappa shape index (κ2) is 9.39. The van der Waals surface area contributed by atoms with E-state index in [1.807, 2.05) is 19.9 Å². The summed E-state index contributed by atoms with van der Waals surface area (Å²) in [6, 6.07) is 14.0. The number of pyridine rings is 1. The van der Waals surface area contributed by atoms with E-state index in [4.69, 9.17) is 0 Å². The van der Waals surface area contributed by atoms with Crippen molar-refractivity contribution in [2.45, 2.75) is 45.8 Å². The molecular formula is C24H29N5O2. The molecule has 1 N–H and O–H groups in total. The van der Waals surface area contributed by atoms with Crippen LogP contribution in [0.2, 0.25) is 0 Å². The Bertz CT molecular complexity index is 1100. The van der Waals surface area contributed by atoms with Crippen LogP contribution in [0.1, 0.15) is 42.7 Å². The molecule has 0 aliphatic carbocycles. The minimum atomic E-state index is -0.394. The Morgan fingerprint density at radius 3 is 2.58 bits per heavy atom. The van der Waals surface area contributed by atoms with Gasteiger partial charge in [0.1, 0.15) is 5.52 Å². The number of nitrogens with zero attached hydrogens (tertiary/aromatic N) is 4. The first-order chi connectivity index (χ1) is 15.0. The lowest BCUT2D eigenvalue weighted by Gasteiger charge is -2.32. The maximum atomic E-state index is 13.0. The van der Waals surface area contributed by atoms with E-state index in [1.54, 1.807) is 22.9 Å². The predicted molar refractivity (Wildman–Crippen MR) is 121 cm³/mol. The van der Waals surface area contributed by atoms with Crippen molar-refractivity contribution >= 4 is 17.1 Å². The second-order valence-electron chi connectivity index (χ2n) is 8.63. The molecule has 4 rings (SSSR count). The average Bonchev–Trinajstić information content (AvgIpc) is 2.77. The second-order valence-corrected chi connectivity index (χ2v) is 8.63. The fourth-order valence-electron chi connectivity index (χ4n) is 4.09.